The number of alkyl halides is 3. The maximum absolute atomic E-state index is 13.6. The van der Waals surface area contributed by atoms with Gasteiger partial charge in [-0.25, -0.2) is 0 Å². The quantitative estimate of drug-likeness (QED) is 0.356. The van der Waals surface area contributed by atoms with Crippen molar-refractivity contribution in [3.05, 3.63) is 69.5 Å². The van der Waals surface area contributed by atoms with Gasteiger partial charge in [0.05, 0.1) is 5.56 Å². The van der Waals surface area contributed by atoms with Gasteiger partial charge in [-0.3, -0.25) is 4.79 Å². The molecule has 2 bridgehead atoms. The summed E-state index contributed by atoms with van der Waals surface area (Å²) >= 11 is 12.2. The Kier molecular flexibility index (Phi) is 6.77. The van der Waals surface area contributed by atoms with Gasteiger partial charge in [-0.15, -0.1) is 10.2 Å². The number of benzene rings is 2. The summed E-state index contributed by atoms with van der Waals surface area (Å²) in [5, 5.41) is 12.7. The van der Waals surface area contributed by atoms with Crippen molar-refractivity contribution in [2.24, 2.45) is 12.5 Å². The van der Waals surface area contributed by atoms with Gasteiger partial charge in [-0.1, -0.05) is 47.5 Å². The second-order valence-electron chi connectivity index (χ2n) is 10.4. The monoisotopic (exact) mass is 550 g/mol. The van der Waals surface area contributed by atoms with Gasteiger partial charge >= 0.3 is 6.18 Å². The summed E-state index contributed by atoms with van der Waals surface area (Å²) in [6.07, 6.45) is 1.05. The topological polar surface area (TPSA) is 59.8 Å². The minimum atomic E-state index is -4.48. The highest BCUT2D eigenvalue weighted by molar-refractivity contribution is 6.35. The van der Waals surface area contributed by atoms with Crippen molar-refractivity contribution in [3.8, 4) is 11.4 Å². The maximum Gasteiger partial charge on any atom is 0.417 e. The lowest BCUT2D eigenvalue weighted by Crippen LogP contribution is -2.47. The summed E-state index contributed by atoms with van der Waals surface area (Å²) in [5.74, 6) is 0.944. The fourth-order valence-corrected chi connectivity index (χ4v) is 6.55. The number of hydrogen-bond donors (Lipinski definition) is 1. The van der Waals surface area contributed by atoms with Crippen LogP contribution >= 0.6 is 23.2 Å². The Labute approximate surface area is 223 Å². The molecule has 0 atom stereocenters. The first-order valence-electron chi connectivity index (χ1n) is 12.3. The van der Waals surface area contributed by atoms with Crippen molar-refractivity contribution in [2.75, 3.05) is 0 Å². The van der Waals surface area contributed by atoms with E-state index >= 15 is 0 Å². The van der Waals surface area contributed by atoms with Gasteiger partial charge in [0.15, 0.2) is 5.82 Å². The van der Waals surface area contributed by atoms with Crippen LogP contribution in [0.15, 0.2) is 42.5 Å². The predicted octanol–water partition coefficient (Wildman–Crippen LogP) is 7.11. The predicted molar refractivity (Wildman–Crippen MR) is 136 cm³/mol. The fraction of sp³-hybridized carbons (Fsp3) is 0.444. The highest BCUT2D eigenvalue weighted by Crippen LogP contribution is 2.59. The average molecular weight is 551 g/mol. The Balaban J connectivity index is 1.27. The van der Waals surface area contributed by atoms with Crippen LogP contribution in [-0.4, -0.2) is 20.7 Å². The Hall–Kier alpha value is -2.58. The van der Waals surface area contributed by atoms with Gasteiger partial charge in [0, 0.05) is 41.0 Å². The number of carbonyl (C=O) groups excluding carboxylic acids is 1. The Morgan fingerprint density at radius 1 is 1.03 bits per heavy atom. The van der Waals surface area contributed by atoms with Crippen LogP contribution in [-0.2, 0) is 30.0 Å². The zero-order valence-corrected chi connectivity index (χ0v) is 21.8. The molecule has 196 valence electrons. The standard InChI is InChI=1S/C27H27Cl2F3N4O/c1-36-23(19-4-2-3-5-20(19)27(30,31)32)34-35-24(36)26-11-8-25(9-12-26,10-13-26)15-22(37)33-16-17-6-7-18(28)14-21(17)29/h2-7,14H,8-13,15-16H2,1H3,(H,33,37). The molecule has 0 aliphatic heterocycles. The molecule has 0 saturated heterocycles. The number of halogens is 5. The molecule has 0 unspecified atom stereocenters. The molecule has 3 aliphatic carbocycles. The van der Waals surface area contributed by atoms with E-state index in [1.807, 2.05) is 0 Å². The van der Waals surface area contributed by atoms with Crippen LogP contribution in [0.4, 0.5) is 13.2 Å². The highest BCUT2D eigenvalue weighted by Gasteiger charge is 2.52. The van der Waals surface area contributed by atoms with Gasteiger partial charge in [-0.05, 0) is 67.7 Å². The molecule has 2 aromatic carbocycles. The van der Waals surface area contributed by atoms with Crippen LogP contribution < -0.4 is 5.32 Å². The van der Waals surface area contributed by atoms with E-state index in [-0.39, 0.29) is 28.1 Å². The first-order valence-corrected chi connectivity index (χ1v) is 13.0. The van der Waals surface area contributed by atoms with E-state index in [0.717, 1.165) is 56.0 Å². The molecule has 1 amide bonds. The number of carbonyl (C=O) groups is 1. The third kappa shape index (κ3) is 4.98. The number of rotatable bonds is 6. The summed E-state index contributed by atoms with van der Waals surface area (Å²) in [4.78, 5) is 12.8. The second kappa shape index (κ2) is 9.62. The number of aromatic nitrogens is 3. The van der Waals surface area contributed by atoms with Gasteiger partial charge in [0.1, 0.15) is 5.82 Å². The lowest BCUT2D eigenvalue weighted by Gasteiger charge is -2.52. The van der Waals surface area contributed by atoms with E-state index < -0.39 is 11.7 Å². The summed E-state index contributed by atoms with van der Waals surface area (Å²) in [6.45, 7) is 0.343. The number of nitrogens with one attached hydrogen (secondary N) is 1. The lowest BCUT2D eigenvalue weighted by molar-refractivity contribution is -0.137. The van der Waals surface area contributed by atoms with E-state index in [1.165, 1.54) is 12.1 Å². The number of hydrogen-bond acceptors (Lipinski definition) is 3. The third-order valence-corrected chi connectivity index (χ3v) is 8.84. The molecular formula is C27H27Cl2F3N4O. The van der Waals surface area contributed by atoms with Crippen molar-refractivity contribution in [1.29, 1.82) is 0 Å². The fourth-order valence-electron chi connectivity index (χ4n) is 6.08. The van der Waals surface area contributed by atoms with Crippen LogP contribution in [0.5, 0.6) is 0 Å². The van der Waals surface area contributed by atoms with E-state index in [1.54, 1.807) is 35.9 Å². The summed E-state index contributed by atoms with van der Waals surface area (Å²) in [6, 6.07) is 10.7. The number of fused-ring (bicyclic) bond motifs is 3. The zero-order valence-electron chi connectivity index (χ0n) is 20.3. The first kappa shape index (κ1) is 26.0. The molecule has 10 heteroatoms. The van der Waals surface area contributed by atoms with Crippen LogP contribution in [0.3, 0.4) is 0 Å². The van der Waals surface area contributed by atoms with E-state index in [9.17, 15) is 18.0 Å². The van der Waals surface area contributed by atoms with Crippen molar-refractivity contribution < 1.29 is 18.0 Å². The van der Waals surface area contributed by atoms with Crippen molar-refractivity contribution in [1.82, 2.24) is 20.1 Å². The van der Waals surface area contributed by atoms with E-state index in [2.05, 4.69) is 15.5 Å². The average Bonchev–Trinajstić information content (AvgIpc) is 3.26. The molecule has 3 saturated carbocycles. The third-order valence-electron chi connectivity index (χ3n) is 8.25. The van der Waals surface area contributed by atoms with Crippen LogP contribution in [0.1, 0.15) is 61.9 Å². The maximum atomic E-state index is 13.6. The minimum absolute atomic E-state index is 0.00915. The van der Waals surface area contributed by atoms with Crippen molar-refractivity contribution in [2.45, 2.75) is 63.1 Å². The molecule has 3 fully saturated rings. The van der Waals surface area contributed by atoms with Gasteiger partial charge in [0.2, 0.25) is 5.91 Å². The van der Waals surface area contributed by atoms with E-state index in [4.69, 9.17) is 23.2 Å². The second-order valence-corrected chi connectivity index (χ2v) is 11.3. The molecule has 1 heterocycles. The van der Waals surface area contributed by atoms with Crippen LogP contribution in [0, 0.1) is 5.41 Å². The molecule has 6 rings (SSSR count). The molecule has 3 aromatic rings. The molecule has 3 aliphatic rings. The molecule has 0 radical (unpaired) electrons. The number of amides is 1. The van der Waals surface area contributed by atoms with Crippen molar-refractivity contribution in [3.63, 3.8) is 0 Å². The number of nitrogens with zero attached hydrogens (tertiary/aromatic N) is 3. The smallest absolute Gasteiger partial charge is 0.352 e. The SMILES string of the molecule is Cn1c(-c2ccccc2C(F)(F)F)nnc1C12CCC(CC(=O)NCc3ccc(Cl)cc3Cl)(CC1)CC2. The highest BCUT2D eigenvalue weighted by atomic mass is 35.5. The van der Waals surface area contributed by atoms with Crippen LogP contribution in [0.2, 0.25) is 10.0 Å². The molecule has 1 aromatic heterocycles. The largest absolute Gasteiger partial charge is 0.417 e. The van der Waals surface area contributed by atoms with Crippen molar-refractivity contribution >= 4 is 29.1 Å². The Bertz CT molecular complexity index is 1310. The normalized spacial score (nSPS) is 23.3. The molecule has 1 N–H and O–H groups in total. The first-order chi connectivity index (χ1) is 17.5. The van der Waals surface area contributed by atoms with Gasteiger partial charge in [0.25, 0.3) is 0 Å². The molecule has 0 spiro atoms. The Morgan fingerprint density at radius 2 is 1.70 bits per heavy atom. The van der Waals surface area contributed by atoms with Gasteiger partial charge < -0.3 is 9.88 Å². The summed E-state index contributed by atoms with van der Waals surface area (Å²) in [7, 11) is 1.75. The Morgan fingerprint density at radius 3 is 2.35 bits per heavy atom. The van der Waals surface area contributed by atoms with E-state index in [0.29, 0.717) is 23.0 Å². The summed E-state index contributed by atoms with van der Waals surface area (Å²) in [5.41, 5.74) is -0.173. The summed E-state index contributed by atoms with van der Waals surface area (Å²) < 4.78 is 42.5. The minimum Gasteiger partial charge on any atom is -0.352 e. The van der Waals surface area contributed by atoms with Gasteiger partial charge in [-0.2, -0.15) is 13.2 Å². The molecule has 5 nitrogen and oxygen atoms in total. The zero-order chi connectivity index (χ0) is 26.4. The molecule has 37 heavy (non-hydrogen) atoms. The lowest BCUT2D eigenvalue weighted by atomic mass is 9.52. The van der Waals surface area contributed by atoms with Crippen LogP contribution in [0.25, 0.3) is 11.4 Å². The molecular weight excluding hydrogens is 524 g/mol.